The van der Waals surface area contributed by atoms with Crippen LogP contribution in [0.25, 0.3) is 0 Å². The van der Waals surface area contributed by atoms with Crippen LogP contribution in [-0.2, 0) is 6.54 Å². The van der Waals surface area contributed by atoms with E-state index in [1.54, 1.807) is 19.1 Å². The van der Waals surface area contributed by atoms with Crippen LogP contribution in [-0.4, -0.2) is 4.57 Å². The molecule has 0 unspecified atom stereocenters. The first-order chi connectivity index (χ1) is 8.47. The van der Waals surface area contributed by atoms with Crippen molar-refractivity contribution in [2.24, 2.45) is 0 Å². The van der Waals surface area contributed by atoms with Gasteiger partial charge < -0.3 is 10.3 Å². The zero-order valence-corrected chi connectivity index (χ0v) is 11.4. The number of aromatic nitrogens is 1. The van der Waals surface area contributed by atoms with Crippen LogP contribution in [0.3, 0.4) is 0 Å². The molecular formula is C13H12BrFN2O. The zero-order valence-electron chi connectivity index (χ0n) is 9.78. The molecule has 0 spiro atoms. The van der Waals surface area contributed by atoms with Gasteiger partial charge in [0.25, 0.3) is 5.56 Å². The predicted molar refractivity (Wildman–Crippen MR) is 73.1 cm³/mol. The zero-order chi connectivity index (χ0) is 13.3. The fourth-order valence-corrected chi connectivity index (χ4v) is 2.06. The highest BCUT2D eigenvalue weighted by atomic mass is 79.9. The fraction of sp³-hybridized carbons (Fsp3) is 0.154. The Bertz CT molecular complexity index is 652. The summed E-state index contributed by atoms with van der Waals surface area (Å²) in [5.41, 5.74) is 7.24. The van der Waals surface area contributed by atoms with Crippen LogP contribution in [0.1, 0.15) is 11.1 Å². The first-order valence-electron chi connectivity index (χ1n) is 5.38. The van der Waals surface area contributed by atoms with E-state index in [0.717, 1.165) is 10.0 Å². The lowest BCUT2D eigenvalue weighted by molar-refractivity contribution is 0.596. The van der Waals surface area contributed by atoms with E-state index in [4.69, 9.17) is 5.73 Å². The Hall–Kier alpha value is -1.62. The number of nitrogens with two attached hydrogens (primary N) is 1. The molecule has 1 aromatic carbocycles. The van der Waals surface area contributed by atoms with Crippen molar-refractivity contribution in [2.75, 3.05) is 5.73 Å². The van der Waals surface area contributed by atoms with Gasteiger partial charge in [-0.2, -0.15) is 0 Å². The molecule has 0 amide bonds. The van der Waals surface area contributed by atoms with Crippen LogP contribution in [0, 0.1) is 12.7 Å². The number of rotatable bonds is 2. The van der Waals surface area contributed by atoms with Crippen molar-refractivity contribution >= 4 is 21.6 Å². The van der Waals surface area contributed by atoms with Gasteiger partial charge in [-0.15, -0.1) is 0 Å². The van der Waals surface area contributed by atoms with Crippen molar-refractivity contribution in [3.05, 3.63) is 62.2 Å². The third-order valence-electron chi connectivity index (χ3n) is 2.72. The minimum absolute atomic E-state index is 0.161. The smallest absolute Gasteiger partial charge is 0.251 e. The molecule has 0 saturated carbocycles. The lowest BCUT2D eigenvalue weighted by Crippen LogP contribution is -2.21. The molecule has 0 aliphatic rings. The van der Waals surface area contributed by atoms with Crippen molar-refractivity contribution in [1.82, 2.24) is 4.57 Å². The number of benzene rings is 1. The maximum Gasteiger partial charge on any atom is 0.251 e. The molecule has 2 aromatic rings. The van der Waals surface area contributed by atoms with Gasteiger partial charge in [0.1, 0.15) is 5.82 Å². The largest absolute Gasteiger partial charge is 0.397 e. The second-order valence-electron chi connectivity index (χ2n) is 4.11. The van der Waals surface area contributed by atoms with Crippen molar-refractivity contribution in [1.29, 1.82) is 0 Å². The molecule has 1 heterocycles. The molecule has 0 fully saturated rings. The van der Waals surface area contributed by atoms with Gasteiger partial charge in [-0.25, -0.2) is 4.39 Å². The van der Waals surface area contributed by atoms with Crippen molar-refractivity contribution in [3.63, 3.8) is 0 Å². The number of halogens is 2. The summed E-state index contributed by atoms with van der Waals surface area (Å²) in [7, 11) is 0. The summed E-state index contributed by atoms with van der Waals surface area (Å²) in [6.45, 7) is 1.93. The van der Waals surface area contributed by atoms with Gasteiger partial charge in [-0.1, -0.05) is 15.9 Å². The van der Waals surface area contributed by atoms with Crippen molar-refractivity contribution in [2.45, 2.75) is 13.5 Å². The number of anilines is 1. The van der Waals surface area contributed by atoms with Crippen LogP contribution in [0.15, 0.2) is 39.7 Å². The predicted octanol–water partition coefficient (Wildman–Crippen LogP) is 2.69. The Morgan fingerprint density at radius 3 is 2.83 bits per heavy atom. The summed E-state index contributed by atoms with van der Waals surface area (Å²) in [4.78, 5) is 11.8. The number of hydrogen-bond acceptors (Lipinski definition) is 2. The van der Waals surface area contributed by atoms with E-state index in [0.29, 0.717) is 11.3 Å². The number of nitrogens with zero attached hydrogens (tertiary/aromatic N) is 1. The first kappa shape index (κ1) is 12.8. The fourth-order valence-electron chi connectivity index (χ4n) is 1.66. The quantitative estimate of drug-likeness (QED) is 0.927. The molecular weight excluding hydrogens is 299 g/mol. The second kappa shape index (κ2) is 4.94. The molecule has 2 N–H and O–H groups in total. The summed E-state index contributed by atoms with van der Waals surface area (Å²) in [5, 5.41) is 0. The molecule has 0 atom stereocenters. The van der Waals surface area contributed by atoms with Crippen LogP contribution in [0.4, 0.5) is 10.1 Å². The lowest BCUT2D eigenvalue weighted by Gasteiger charge is -2.09. The van der Waals surface area contributed by atoms with E-state index in [-0.39, 0.29) is 17.9 Å². The minimum atomic E-state index is -0.343. The topological polar surface area (TPSA) is 48.0 Å². The van der Waals surface area contributed by atoms with Crippen LogP contribution < -0.4 is 11.3 Å². The van der Waals surface area contributed by atoms with Crippen LogP contribution in [0.5, 0.6) is 0 Å². The first-order valence-corrected chi connectivity index (χ1v) is 6.17. The highest BCUT2D eigenvalue weighted by Gasteiger charge is 2.06. The van der Waals surface area contributed by atoms with Crippen LogP contribution >= 0.6 is 15.9 Å². The average Bonchev–Trinajstić information content (AvgIpc) is 2.30. The molecule has 0 aliphatic carbocycles. The summed E-state index contributed by atoms with van der Waals surface area (Å²) >= 11 is 3.28. The number of aryl methyl sites for hydroxylation is 1. The second-order valence-corrected chi connectivity index (χ2v) is 5.03. The molecule has 0 aliphatic heterocycles. The molecule has 18 heavy (non-hydrogen) atoms. The van der Waals surface area contributed by atoms with E-state index in [2.05, 4.69) is 15.9 Å². The van der Waals surface area contributed by atoms with Gasteiger partial charge in [0.05, 0.1) is 12.2 Å². The van der Waals surface area contributed by atoms with Gasteiger partial charge >= 0.3 is 0 Å². The Kier molecular flexibility index (Phi) is 3.52. The number of pyridine rings is 1. The van der Waals surface area contributed by atoms with E-state index < -0.39 is 0 Å². The Labute approximate surface area is 112 Å². The Morgan fingerprint density at radius 1 is 1.39 bits per heavy atom. The Balaban J connectivity index is 2.43. The third-order valence-corrected chi connectivity index (χ3v) is 3.22. The van der Waals surface area contributed by atoms with Crippen LogP contribution in [0.2, 0.25) is 0 Å². The highest BCUT2D eigenvalue weighted by molar-refractivity contribution is 9.10. The van der Waals surface area contributed by atoms with Gasteiger partial charge in [-0.05, 0) is 30.7 Å². The van der Waals surface area contributed by atoms with E-state index in [1.165, 1.54) is 22.9 Å². The summed E-state index contributed by atoms with van der Waals surface area (Å²) < 4.78 is 15.8. The van der Waals surface area contributed by atoms with Gasteiger partial charge in [-0.3, -0.25) is 4.79 Å². The lowest BCUT2D eigenvalue weighted by atomic mass is 10.2. The Morgan fingerprint density at radius 2 is 2.11 bits per heavy atom. The molecule has 0 radical (unpaired) electrons. The molecule has 2 rings (SSSR count). The normalized spacial score (nSPS) is 10.6. The SMILES string of the molecule is Cc1cc(=O)n(Cc2cc(Br)ccc2F)cc1N. The molecule has 5 heteroatoms. The summed E-state index contributed by atoms with van der Waals surface area (Å²) in [6.07, 6.45) is 1.54. The van der Waals surface area contributed by atoms with E-state index in [1.807, 2.05) is 0 Å². The molecule has 94 valence electrons. The summed E-state index contributed by atoms with van der Waals surface area (Å²) in [6, 6.07) is 6.08. The van der Waals surface area contributed by atoms with E-state index in [9.17, 15) is 9.18 Å². The third kappa shape index (κ3) is 2.61. The summed E-state index contributed by atoms with van der Waals surface area (Å²) in [5.74, 6) is -0.343. The highest BCUT2D eigenvalue weighted by Crippen LogP contribution is 2.16. The van der Waals surface area contributed by atoms with E-state index >= 15 is 0 Å². The van der Waals surface area contributed by atoms with Crippen molar-refractivity contribution in [3.8, 4) is 0 Å². The van der Waals surface area contributed by atoms with Gasteiger partial charge in [0, 0.05) is 22.3 Å². The molecule has 0 saturated heterocycles. The minimum Gasteiger partial charge on any atom is -0.397 e. The number of hydrogen-bond donors (Lipinski definition) is 1. The van der Waals surface area contributed by atoms with Gasteiger partial charge in [0.15, 0.2) is 0 Å². The maximum absolute atomic E-state index is 13.6. The number of nitrogen functional groups attached to an aromatic ring is 1. The molecule has 3 nitrogen and oxygen atoms in total. The average molecular weight is 311 g/mol. The molecule has 1 aromatic heterocycles. The molecule has 0 bridgehead atoms. The maximum atomic E-state index is 13.6. The monoisotopic (exact) mass is 310 g/mol. The van der Waals surface area contributed by atoms with Crippen molar-refractivity contribution < 1.29 is 4.39 Å². The van der Waals surface area contributed by atoms with Gasteiger partial charge in [0.2, 0.25) is 0 Å². The standard InChI is InChI=1S/C13H12BrFN2O/c1-8-4-13(18)17(7-12(8)16)6-9-5-10(14)2-3-11(9)15/h2-5,7H,6,16H2,1H3.